The Morgan fingerprint density at radius 2 is 2.15 bits per heavy atom. The van der Waals surface area contributed by atoms with Gasteiger partial charge in [-0.05, 0) is 24.6 Å². The zero-order valence-corrected chi connectivity index (χ0v) is 14.5. The number of benzene rings is 1. The third kappa shape index (κ3) is 3.77. The summed E-state index contributed by atoms with van der Waals surface area (Å²) in [7, 11) is 0. The lowest BCUT2D eigenvalue weighted by Gasteiger charge is -2.34. The van der Waals surface area contributed by atoms with E-state index in [9.17, 15) is 22.8 Å². The van der Waals surface area contributed by atoms with Gasteiger partial charge in [-0.3, -0.25) is 9.36 Å². The van der Waals surface area contributed by atoms with Crippen LogP contribution in [0.2, 0.25) is 5.02 Å². The zero-order valence-electron chi connectivity index (χ0n) is 13.8. The molecular weight excluding hydrogens is 373 g/mol. The summed E-state index contributed by atoms with van der Waals surface area (Å²) in [4.78, 5) is 24.3. The van der Waals surface area contributed by atoms with E-state index in [0.29, 0.717) is 5.56 Å². The molecule has 0 aliphatic heterocycles. The number of aromatic nitrogens is 3. The van der Waals surface area contributed by atoms with E-state index in [1.54, 1.807) is 13.0 Å². The van der Waals surface area contributed by atoms with Crippen molar-refractivity contribution in [3.05, 3.63) is 51.4 Å². The van der Waals surface area contributed by atoms with Crippen LogP contribution in [0.25, 0.3) is 0 Å². The third-order valence-electron chi connectivity index (χ3n) is 4.33. The highest BCUT2D eigenvalue weighted by molar-refractivity contribution is 6.30. The topological polar surface area (TPSA) is 68.9 Å². The largest absolute Gasteiger partial charge is 0.348 e. The molecule has 26 heavy (non-hydrogen) atoms. The van der Waals surface area contributed by atoms with E-state index in [-0.39, 0.29) is 11.6 Å². The van der Waals surface area contributed by atoms with Gasteiger partial charge in [-0.15, -0.1) is 0 Å². The van der Waals surface area contributed by atoms with E-state index in [1.165, 1.54) is 12.1 Å². The zero-order chi connectivity index (χ0) is 19.1. The highest BCUT2D eigenvalue weighted by atomic mass is 35.5. The molecule has 2 aromatic rings. The van der Waals surface area contributed by atoms with Gasteiger partial charge in [0.2, 0.25) is 5.91 Å². The Kier molecular flexibility index (Phi) is 4.83. The van der Waals surface area contributed by atoms with Crippen LogP contribution < -0.4 is 11.0 Å². The monoisotopic (exact) mass is 388 g/mol. The van der Waals surface area contributed by atoms with Gasteiger partial charge in [0.05, 0.1) is 17.1 Å². The van der Waals surface area contributed by atoms with Crippen molar-refractivity contribution < 1.29 is 18.0 Å². The molecule has 1 aromatic carbocycles. The molecule has 0 spiro atoms. The molecule has 0 radical (unpaired) electrons. The van der Waals surface area contributed by atoms with Gasteiger partial charge in [0.15, 0.2) is 0 Å². The Hall–Kier alpha value is -2.29. The fourth-order valence-corrected chi connectivity index (χ4v) is 2.94. The molecule has 1 aromatic heterocycles. The standard InChI is InChI=1S/C16H16ClF3N4O2/c1-9(10-2-3-12(17)13(18)4-10)22-14(25)7-24-15(26)23(8-21-24)11-5-16(19,20)6-11/h2-4,8-9,11H,5-7H2,1H3,(H,22,25)/t9-/m0/s1. The van der Waals surface area contributed by atoms with E-state index in [0.717, 1.165) is 15.6 Å². The van der Waals surface area contributed by atoms with E-state index in [1.807, 2.05) is 0 Å². The number of nitrogens with one attached hydrogen (secondary N) is 1. The van der Waals surface area contributed by atoms with Gasteiger partial charge in [-0.1, -0.05) is 17.7 Å². The first-order chi connectivity index (χ1) is 12.2. The summed E-state index contributed by atoms with van der Waals surface area (Å²) in [6, 6.07) is 3.05. The number of amides is 1. The second-order valence-corrected chi connectivity index (χ2v) is 6.77. The summed E-state index contributed by atoms with van der Waals surface area (Å²) < 4.78 is 41.4. The summed E-state index contributed by atoms with van der Waals surface area (Å²) >= 11 is 5.62. The van der Waals surface area contributed by atoms with Crippen molar-refractivity contribution in [3.8, 4) is 0 Å². The van der Waals surface area contributed by atoms with Gasteiger partial charge >= 0.3 is 5.69 Å². The van der Waals surface area contributed by atoms with Gasteiger partial charge in [-0.2, -0.15) is 5.10 Å². The van der Waals surface area contributed by atoms with Crippen LogP contribution in [0.4, 0.5) is 13.2 Å². The lowest BCUT2D eigenvalue weighted by Crippen LogP contribution is -2.42. The molecule has 0 unspecified atom stereocenters. The van der Waals surface area contributed by atoms with Crippen LogP contribution in [0.15, 0.2) is 29.3 Å². The number of hydrogen-bond acceptors (Lipinski definition) is 3. The highest BCUT2D eigenvalue weighted by Crippen LogP contribution is 2.44. The van der Waals surface area contributed by atoms with Crippen LogP contribution in [-0.4, -0.2) is 26.2 Å². The number of hydrogen-bond donors (Lipinski definition) is 1. The van der Waals surface area contributed by atoms with E-state index >= 15 is 0 Å². The van der Waals surface area contributed by atoms with Crippen molar-refractivity contribution in [1.29, 1.82) is 0 Å². The van der Waals surface area contributed by atoms with E-state index < -0.39 is 48.3 Å². The minimum absolute atomic E-state index is 0.0223. The van der Waals surface area contributed by atoms with Crippen LogP contribution >= 0.6 is 11.6 Å². The average molecular weight is 389 g/mol. The van der Waals surface area contributed by atoms with Gasteiger partial charge in [0.1, 0.15) is 18.7 Å². The van der Waals surface area contributed by atoms with Crippen molar-refractivity contribution in [2.24, 2.45) is 0 Å². The van der Waals surface area contributed by atoms with Crippen LogP contribution in [0.5, 0.6) is 0 Å². The van der Waals surface area contributed by atoms with E-state index in [2.05, 4.69) is 10.4 Å². The first kappa shape index (κ1) is 18.5. The SMILES string of the molecule is C[C@H](NC(=O)Cn1ncn(C2CC(F)(F)C2)c1=O)c1ccc(Cl)c(F)c1. The molecule has 6 nitrogen and oxygen atoms in total. The fraction of sp³-hybridized carbons (Fsp3) is 0.438. The van der Waals surface area contributed by atoms with Gasteiger partial charge < -0.3 is 5.32 Å². The summed E-state index contributed by atoms with van der Waals surface area (Å²) in [5.41, 5.74) is -0.110. The number of rotatable bonds is 5. The maximum absolute atomic E-state index is 13.5. The molecule has 1 heterocycles. The minimum atomic E-state index is -2.76. The quantitative estimate of drug-likeness (QED) is 0.856. The second kappa shape index (κ2) is 6.79. The lowest BCUT2D eigenvalue weighted by molar-refractivity contribution is -0.122. The second-order valence-electron chi connectivity index (χ2n) is 6.36. The molecule has 1 fully saturated rings. The number of carbonyl (C=O) groups excluding carboxylic acids is 1. The summed E-state index contributed by atoms with van der Waals surface area (Å²) in [5.74, 6) is -3.87. The first-order valence-electron chi connectivity index (χ1n) is 7.92. The molecule has 3 rings (SSSR count). The molecule has 1 N–H and O–H groups in total. The number of nitrogens with zero attached hydrogens (tertiary/aromatic N) is 3. The lowest BCUT2D eigenvalue weighted by atomic mass is 9.88. The molecule has 140 valence electrons. The Morgan fingerprint density at radius 1 is 1.46 bits per heavy atom. The summed E-state index contributed by atoms with van der Waals surface area (Å²) in [6.45, 7) is 1.29. The Labute approximate surface area is 151 Å². The van der Waals surface area contributed by atoms with Crippen molar-refractivity contribution in [1.82, 2.24) is 19.7 Å². The molecular formula is C16H16ClF3N4O2. The smallest absolute Gasteiger partial charge is 0.346 e. The molecule has 1 aliphatic rings. The molecule has 10 heteroatoms. The molecule has 1 amide bonds. The van der Waals surface area contributed by atoms with Crippen molar-refractivity contribution >= 4 is 17.5 Å². The first-order valence-corrected chi connectivity index (χ1v) is 8.30. The molecule has 0 saturated heterocycles. The van der Waals surface area contributed by atoms with Crippen molar-refractivity contribution in [2.45, 2.75) is 44.3 Å². The third-order valence-corrected chi connectivity index (χ3v) is 4.64. The van der Waals surface area contributed by atoms with Crippen LogP contribution in [0, 0.1) is 5.82 Å². The van der Waals surface area contributed by atoms with E-state index in [4.69, 9.17) is 11.6 Å². The number of carbonyl (C=O) groups is 1. The Bertz CT molecular complexity index is 888. The van der Waals surface area contributed by atoms with Crippen molar-refractivity contribution in [2.75, 3.05) is 0 Å². The molecule has 0 bridgehead atoms. The summed E-state index contributed by atoms with van der Waals surface area (Å²) in [5, 5.41) is 6.39. The van der Waals surface area contributed by atoms with Gasteiger partial charge in [0, 0.05) is 12.8 Å². The predicted octanol–water partition coefficient (Wildman–Crippen LogP) is 2.68. The van der Waals surface area contributed by atoms with Gasteiger partial charge in [-0.25, -0.2) is 22.6 Å². The van der Waals surface area contributed by atoms with Crippen LogP contribution in [-0.2, 0) is 11.3 Å². The Balaban J connectivity index is 1.62. The fourth-order valence-electron chi connectivity index (χ4n) is 2.82. The minimum Gasteiger partial charge on any atom is -0.348 e. The predicted molar refractivity (Wildman–Crippen MR) is 87.7 cm³/mol. The Morgan fingerprint density at radius 3 is 2.77 bits per heavy atom. The van der Waals surface area contributed by atoms with Crippen LogP contribution in [0.1, 0.15) is 37.4 Å². The maximum atomic E-state index is 13.5. The normalized spacial score (nSPS) is 17.6. The van der Waals surface area contributed by atoms with Crippen molar-refractivity contribution in [3.63, 3.8) is 0 Å². The maximum Gasteiger partial charge on any atom is 0.346 e. The average Bonchev–Trinajstić information content (AvgIpc) is 2.88. The molecule has 1 aliphatic carbocycles. The molecule has 1 atom stereocenters. The summed E-state index contributed by atoms with van der Waals surface area (Å²) in [6.07, 6.45) is 0.335. The van der Waals surface area contributed by atoms with Gasteiger partial charge in [0.25, 0.3) is 5.92 Å². The number of halogens is 4. The number of alkyl halides is 2. The van der Waals surface area contributed by atoms with Crippen LogP contribution in [0.3, 0.4) is 0 Å². The molecule has 1 saturated carbocycles. The highest BCUT2D eigenvalue weighted by Gasteiger charge is 2.47.